The molecule has 1 N–H and O–H groups in total. The van der Waals surface area contributed by atoms with Crippen molar-refractivity contribution in [1.82, 2.24) is 9.80 Å². The molecule has 2 fully saturated rings. The molecule has 4 heteroatoms. The van der Waals surface area contributed by atoms with Crippen LogP contribution in [0.1, 0.15) is 26.2 Å². The van der Waals surface area contributed by atoms with Crippen molar-refractivity contribution >= 4 is 5.97 Å². The molecule has 2 rings (SSSR count). The molecule has 0 aromatic carbocycles. The number of hydrogen-bond acceptors (Lipinski definition) is 3. The topological polar surface area (TPSA) is 43.8 Å². The maximum atomic E-state index is 11.2. The van der Waals surface area contributed by atoms with Crippen LogP contribution < -0.4 is 0 Å². The molecule has 0 amide bonds. The first-order valence-corrected chi connectivity index (χ1v) is 6.26. The van der Waals surface area contributed by atoms with Crippen molar-refractivity contribution in [3.63, 3.8) is 0 Å². The molecule has 0 aromatic heterocycles. The summed E-state index contributed by atoms with van der Waals surface area (Å²) in [6, 6.07) is 0.246. The third kappa shape index (κ3) is 2.23. The van der Waals surface area contributed by atoms with E-state index in [0.29, 0.717) is 12.0 Å². The Kier molecular flexibility index (Phi) is 3.50. The lowest BCUT2D eigenvalue weighted by Gasteiger charge is -2.41. The molecule has 3 atom stereocenters. The molecule has 0 radical (unpaired) electrons. The van der Waals surface area contributed by atoms with Gasteiger partial charge in [-0.15, -0.1) is 0 Å². The van der Waals surface area contributed by atoms with Gasteiger partial charge in [0, 0.05) is 12.6 Å². The van der Waals surface area contributed by atoms with E-state index in [1.165, 1.54) is 0 Å². The molecule has 0 bridgehead atoms. The number of rotatable bonds is 2. The van der Waals surface area contributed by atoms with E-state index in [2.05, 4.69) is 23.8 Å². The predicted octanol–water partition coefficient (Wildman–Crippen LogP) is 0.876. The summed E-state index contributed by atoms with van der Waals surface area (Å²) >= 11 is 0. The lowest BCUT2D eigenvalue weighted by molar-refractivity contribution is -0.143. The number of carboxylic acid groups (broad SMARTS) is 1. The number of likely N-dealkylation sites (tertiary alicyclic amines) is 2. The fourth-order valence-corrected chi connectivity index (χ4v) is 3.29. The second kappa shape index (κ2) is 4.72. The van der Waals surface area contributed by atoms with Gasteiger partial charge in [0.25, 0.3) is 0 Å². The molecule has 2 aliphatic rings. The van der Waals surface area contributed by atoms with Crippen LogP contribution in [0.25, 0.3) is 0 Å². The Morgan fingerprint density at radius 3 is 2.69 bits per heavy atom. The summed E-state index contributed by atoms with van der Waals surface area (Å²) in [6.07, 6.45) is 2.98. The Morgan fingerprint density at radius 1 is 1.31 bits per heavy atom. The van der Waals surface area contributed by atoms with Crippen molar-refractivity contribution in [3.8, 4) is 0 Å². The van der Waals surface area contributed by atoms with Crippen molar-refractivity contribution < 1.29 is 9.90 Å². The first-order valence-electron chi connectivity index (χ1n) is 6.26. The second-order valence-corrected chi connectivity index (χ2v) is 5.33. The monoisotopic (exact) mass is 226 g/mol. The molecule has 4 nitrogen and oxygen atoms in total. The molecule has 92 valence electrons. The van der Waals surface area contributed by atoms with Gasteiger partial charge in [0.05, 0.1) is 0 Å². The molecule has 0 aromatic rings. The standard InChI is InChI=1S/C12H22N2O2/c1-9-8-13(2)7-5-10(9)14-6-3-4-11(14)12(15)16/h9-11H,3-8H2,1-2H3,(H,15,16)/t9-,10+,11+/m1/s1. The van der Waals surface area contributed by atoms with E-state index in [0.717, 1.165) is 38.9 Å². The van der Waals surface area contributed by atoms with Crippen molar-refractivity contribution in [2.75, 3.05) is 26.7 Å². The van der Waals surface area contributed by atoms with E-state index in [4.69, 9.17) is 0 Å². The second-order valence-electron chi connectivity index (χ2n) is 5.33. The van der Waals surface area contributed by atoms with Crippen LogP contribution in [0.5, 0.6) is 0 Å². The van der Waals surface area contributed by atoms with Crippen molar-refractivity contribution in [2.45, 2.75) is 38.3 Å². The minimum absolute atomic E-state index is 0.226. The average molecular weight is 226 g/mol. The molecule has 16 heavy (non-hydrogen) atoms. The SMILES string of the molecule is C[C@@H]1CN(C)CC[C@@H]1N1CCC[C@H]1C(=O)O. The van der Waals surface area contributed by atoms with Crippen molar-refractivity contribution in [1.29, 1.82) is 0 Å². The van der Waals surface area contributed by atoms with Crippen LogP contribution in [0, 0.1) is 5.92 Å². The number of aliphatic carboxylic acids is 1. The maximum absolute atomic E-state index is 11.2. The maximum Gasteiger partial charge on any atom is 0.320 e. The summed E-state index contributed by atoms with van der Waals surface area (Å²) in [7, 11) is 2.14. The molecular formula is C12H22N2O2. The smallest absolute Gasteiger partial charge is 0.320 e. The van der Waals surface area contributed by atoms with E-state index >= 15 is 0 Å². The summed E-state index contributed by atoms with van der Waals surface area (Å²) < 4.78 is 0. The van der Waals surface area contributed by atoms with E-state index in [1.807, 2.05) is 0 Å². The summed E-state index contributed by atoms with van der Waals surface area (Å²) in [4.78, 5) is 15.7. The van der Waals surface area contributed by atoms with Crippen molar-refractivity contribution in [3.05, 3.63) is 0 Å². The highest BCUT2D eigenvalue weighted by Crippen LogP contribution is 2.28. The van der Waals surface area contributed by atoms with Crippen LogP contribution in [0.15, 0.2) is 0 Å². The van der Waals surface area contributed by atoms with Crippen LogP contribution in [-0.2, 0) is 4.79 Å². The number of nitrogens with zero attached hydrogens (tertiary/aromatic N) is 2. The van der Waals surface area contributed by atoms with E-state index in [-0.39, 0.29) is 6.04 Å². The molecular weight excluding hydrogens is 204 g/mol. The van der Waals surface area contributed by atoms with Gasteiger partial charge < -0.3 is 10.0 Å². The Morgan fingerprint density at radius 2 is 2.06 bits per heavy atom. The zero-order valence-electron chi connectivity index (χ0n) is 10.2. The zero-order valence-corrected chi connectivity index (χ0v) is 10.2. The summed E-state index contributed by atoms with van der Waals surface area (Å²) in [5.74, 6) is -0.0534. The normalized spacial score (nSPS) is 37.8. The van der Waals surface area contributed by atoms with Gasteiger partial charge in [-0.3, -0.25) is 9.69 Å². The van der Waals surface area contributed by atoms with Crippen LogP contribution in [0.3, 0.4) is 0 Å². The molecule has 0 aliphatic carbocycles. The predicted molar refractivity (Wildman–Crippen MR) is 62.4 cm³/mol. The largest absolute Gasteiger partial charge is 0.480 e. The fraction of sp³-hybridized carbons (Fsp3) is 0.917. The average Bonchev–Trinajstić information content (AvgIpc) is 2.66. The Labute approximate surface area is 97.2 Å². The molecule has 0 spiro atoms. The Balaban J connectivity index is 2.03. The van der Waals surface area contributed by atoms with Gasteiger partial charge in [0.1, 0.15) is 6.04 Å². The summed E-state index contributed by atoms with van der Waals surface area (Å²) in [5, 5.41) is 9.20. The van der Waals surface area contributed by atoms with Crippen LogP contribution in [0.4, 0.5) is 0 Å². The number of carbonyl (C=O) groups is 1. The molecule has 0 unspecified atom stereocenters. The first-order chi connectivity index (χ1) is 7.59. The zero-order chi connectivity index (χ0) is 11.7. The fourth-order valence-electron chi connectivity index (χ4n) is 3.29. The highest BCUT2D eigenvalue weighted by Gasteiger charge is 2.38. The third-order valence-electron chi connectivity index (χ3n) is 4.07. The van der Waals surface area contributed by atoms with Gasteiger partial charge in [0.15, 0.2) is 0 Å². The van der Waals surface area contributed by atoms with Gasteiger partial charge in [-0.1, -0.05) is 6.92 Å². The molecule has 2 saturated heterocycles. The van der Waals surface area contributed by atoms with Crippen LogP contribution >= 0.6 is 0 Å². The van der Waals surface area contributed by atoms with Gasteiger partial charge in [0.2, 0.25) is 0 Å². The van der Waals surface area contributed by atoms with E-state index < -0.39 is 5.97 Å². The number of piperidine rings is 1. The van der Waals surface area contributed by atoms with Gasteiger partial charge in [-0.05, 0) is 45.3 Å². The third-order valence-corrected chi connectivity index (χ3v) is 4.07. The summed E-state index contributed by atoms with van der Waals surface area (Å²) in [5.41, 5.74) is 0. The van der Waals surface area contributed by atoms with Gasteiger partial charge in [-0.25, -0.2) is 0 Å². The molecule has 2 aliphatic heterocycles. The lowest BCUT2D eigenvalue weighted by Crippen LogP contribution is -2.52. The lowest BCUT2D eigenvalue weighted by atomic mass is 9.92. The van der Waals surface area contributed by atoms with Crippen LogP contribution in [-0.4, -0.2) is 59.6 Å². The minimum atomic E-state index is -0.636. The first kappa shape index (κ1) is 11.9. The van der Waals surface area contributed by atoms with Crippen molar-refractivity contribution in [2.24, 2.45) is 5.92 Å². The number of hydrogen-bond donors (Lipinski definition) is 1. The van der Waals surface area contributed by atoms with Gasteiger partial charge >= 0.3 is 5.97 Å². The highest BCUT2D eigenvalue weighted by molar-refractivity contribution is 5.73. The molecule has 2 heterocycles. The molecule has 0 saturated carbocycles. The Bertz CT molecular complexity index is 270. The minimum Gasteiger partial charge on any atom is -0.480 e. The van der Waals surface area contributed by atoms with E-state index in [1.54, 1.807) is 0 Å². The highest BCUT2D eigenvalue weighted by atomic mass is 16.4. The Hall–Kier alpha value is -0.610. The van der Waals surface area contributed by atoms with Gasteiger partial charge in [-0.2, -0.15) is 0 Å². The van der Waals surface area contributed by atoms with E-state index in [9.17, 15) is 9.90 Å². The van der Waals surface area contributed by atoms with Crippen LogP contribution in [0.2, 0.25) is 0 Å². The summed E-state index contributed by atoms with van der Waals surface area (Å²) in [6.45, 7) is 5.40. The number of carboxylic acids is 1. The quantitative estimate of drug-likeness (QED) is 0.759.